The molecule has 0 saturated heterocycles. The third kappa shape index (κ3) is 2.68. The lowest BCUT2D eigenvalue weighted by Crippen LogP contribution is -2.06. The molecule has 0 amide bonds. The maximum Gasteiger partial charge on any atom is 0.187 e. The van der Waals surface area contributed by atoms with Gasteiger partial charge in [-0.2, -0.15) is 0 Å². The molecular formula is C14H15F2N3O. The van der Waals surface area contributed by atoms with E-state index in [0.29, 0.717) is 12.4 Å². The fourth-order valence-corrected chi connectivity index (χ4v) is 1.84. The van der Waals surface area contributed by atoms with Gasteiger partial charge in [-0.3, -0.25) is 0 Å². The summed E-state index contributed by atoms with van der Waals surface area (Å²) in [6.45, 7) is 2.67. The minimum absolute atomic E-state index is 0.0942. The van der Waals surface area contributed by atoms with Crippen LogP contribution in [0.2, 0.25) is 0 Å². The summed E-state index contributed by atoms with van der Waals surface area (Å²) in [6, 6.07) is 3.66. The topological polar surface area (TPSA) is 47.0 Å². The van der Waals surface area contributed by atoms with E-state index in [1.54, 1.807) is 0 Å². The van der Waals surface area contributed by atoms with E-state index < -0.39 is 11.6 Å². The quantitative estimate of drug-likeness (QED) is 0.912. The molecule has 1 N–H and O–H groups in total. The van der Waals surface area contributed by atoms with Crippen LogP contribution < -0.4 is 10.1 Å². The van der Waals surface area contributed by atoms with E-state index >= 15 is 0 Å². The molecule has 0 aliphatic carbocycles. The van der Waals surface area contributed by atoms with Crippen molar-refractivity contribution in [3.8, 4) is 17.0 Å². The Morgan fingerprint density at radius 3 is 2.50 bits per heavy atom. The van der Waals surface area contributed by atoms with Crippen LogP contribution in [0.3, 0.4) is 0 Å². The zero-order chi connectivity index (χ0) is 14.5. The van der Waals surface area contributed by atoms with Crippen molar-refractivity contribution in [2.24, 2.45) is 0 Å². The Morgan fingerprint density at radius 1 is 1.20 bits per heavy atom. The summed E-state index contributed by atoms with van der Waals surface area (Å²) in [5.41, 5.74) is -0.122. The van der Waals surface area contributed by atoms with Gasteiger partial charge < -0.3 is 10.1 Å². The average Bonchev–Trinajstić information content (AvgIpc) is 2.45. The number of anilines is 1. The molecule has 0 radical (unpaired) electrons. The van der Waals surface area contributed by atoms with Crippen LogP contribution in [0.5, 0.6) is 5.75 Å². The zero-order valence-electron chi connectivity index (χ0n) is 11.3. The van der Waals surface area contributed by atoms with E-state index in [2.05, 4.69) is 15.3 Å². The molecule has 0 aliphatic rings. The smallest absolute Gasteiger partial charge is 0.187 e. The average molecular weight is 279 g/mol. The monoisotopic (exact) mass is 279 g/mol. The number of hydrogen-bond donors (Lipinski definition) is 1. The third-order valence-corrected chi connectivity index (χ3v) is 2.75. The molecule has 1 aromatic carbocycles. The van der Waals surface area contributed by atoms with Crippen molar-refractivity contribution in [1.82, 2.24) is 9.97 Å². The number of ether oxygens (including phenoxy) is 1. The Labute approximate surface area is 115 Å². The Hall–Kier alpha value is -2.24. The number of rotatable bonds is 5. The van der Waals surface area contributed by atoms with Crippen molar-refractivity contribution < 1.29 is 13.5 Å². The predicted octanol–water partition coefficient (Wildman–Crippen LogP) is 3.25. The molecule has 2 rings (SSSR count). The Bertz CT molecular complexity index is 585. The van der Waals surface area contributed by atoms with Gasteiger partial charge in [-0.25, -0.2) is 18.7 Å². The van der Waals surface area contributed by atoms with Crippen molar-refractivity contribution in [2.45, 2.75) is 13.3 Å². The van der Waals surface area contributed by atoms with E-state index in [1.165, 1.54) is 31.6 Å². The minimum Gasteiger partial charge on any atom is -0.491 e. The van der Waals surface area contributed by atoms with E-state index in [-0.39, 0.29) is 17.0 Å². The van der Waals surface area contributed by atoms with E-state index in [1.807, 2.05) is 6.92 Å². The highest BCUT2D eigenvalue weighted by atomic mass is 19.1. The van der Waals surface area contributed by atoms with Gasteiger partial charge in [0.15, 0.2) is 11.6 Å². The van der Waals surface area contributed by atoms with Crippen molar-refractivity contribution >= 4 is 5.82 Å². The van der Waals surface area contributed by atoms with Crippen molar-refractivity contribution in [3.63, 3.8) is 0 Å². The second-order valence-electron chi connectivity index (χ2n) is 4.13. The van der Waals surface area contributed by atoms with Gasteiger partial charge in [-0.15, -0.1) is 0 Å². The van der Waals surface area contributed by atoms with E-state index in [0.717, 1.165) is 6.42 Å². The maximum absolute atomic E-state index is 13.9. The van der Waals surface area contributed by atoms with Gasteiger partial charge in [0.2, 0.25) is 0 Å². The van der Waals surface area contributed by atoms with Crippen LogP contribution >= 0.6 is 0 Å². The summed E-state index contributed by atoms with van der Waals surface area (Å²) in [4.78, 5) is 7.99. The maximum atomic E-state index is 13.9. The molecule has 0 fully saturated rings. The lowest BCUT2D eigenvalue weighted by atomic mass is 10.1. The van der Waals surface area contributed by atoms with Gasteiger partial charge in [0.1, 0.15) is 23.7 Å². The van der Waals surface area contributed by atoms with Crippen LogP contribution in [-0.2, 0) is 0 Å². The first-order valence-electron chi connectivity index (χ1n) is 6.26. The summed E-state index contributed by atoms with van der Waals surface area (Å²) in [5.74, 6) is -0.737. The minimum atomic E-state index is -0.691. The molecular weight excluding hydrogens is 264 g/mol. The predicted molar refractivity (Wildman–Crippen MR) is 72.7 cm³/mol. The molecule has 0 unspecified atom stereocenters. The molecule has 6 heteroatoms. The molecule has 1 heterocycles. The Kier molecular flexibility index (Phi) is 4.45. The molecule has 20 heavy (non-hydrogen) atoms. The van der Waals surface area contributed by atoms with Gasteiger partial charge in [0.25, 0.3) is 0 Å². The number of nitrogens with one attached hydrogen (secondary N) is 1. The Balaban J connectivity index is 2.56. The number of methoxy groups -OCH3 is 1. The van der Waals surface area contributed by atoms with Crippen molar-refractivity contribution in [2.75, 3.05) is 19.0 Å². The van der Waals surface area contributed by atoms with Gasteiger partial charge in [0.05, 0.1) is 12.7 Å². The largest absolute Gasteiger partial charge is 0.491 e. The molecule has 4 nitrogen and oxygen atoms in total. The summed E-state index contributed by atoms with van der Waals surface area (Å²) < 4.78 is 32.9. The summed E-state index contributed by atoms with van der Waals surface area (Å²) in [6.07, 6.45) is 2.14. The molecule has 1 aromatic heterocycles. The number of aromatic nitrogens is 2. The first-order chi connectivity index (χ1) is 9.69. The lowest BCUT2D eigenvalue weighted by molar-refractivity contribution is 0.413. The van der Waals surface area contributed by atoms with Crippen molar-refractivity contribution in [3.05, 3.63) is 36.2 Å². The van der Waals surface area contributed by atoms with Crippen LogP contribution in [0, 0.1) is 11.6 Å². The first kappa shape index (κ1) is 14.2. The first-order valence-corrected chi connectivity index (χ1v) is 6.26. The summed E-state index contributed by atoms with van der Waals surface area (Å²) in [7, 11) is 1.41. The fourth-order valence-electron chi connectivity index (χ4n) is 1.84. The van der Waals surface area contributed by atoms with Gasteiger partial charge in [-0.05, 0) is 18.6 Å². The van der Waals surface area contributed by atoms with E-state index in [9.17, 15) is 8.78 Å². The molecule has 0 bridgehead atoms. The highest BCUT2D eigenvalue weighted by Gasteiger charge is 2.20. The lowest BCUT2D eigenvalue weighted by Gasteiger charge is -2.13. The summed E-state index contributed by atoms with van der Waals surface area (Å²) in [5, 5.41) is 3.04. The second-order valence-corrected chi connectivity index (χ2v) is 4.13. The SMILES string of the molecule is CCCNc1ncnc(-c2c(F)cccc2F)c1OC. The highest BCUT2D eigenvalue weighted by Crippen LogP contribution is 2.35. The van der Waals surface area contributed by atoms with E-state index in [4.69, 9.17) is 4.74 Å². The Morgan fingerprint density at radius 2 is 1.90 bits per heavy atom. The molecule has 2 aromatic rings. The highest BCUT2D eigenvalue weighted by molar-refractivity contribution is 5.73. The third-order valence-electron chi connectivity index (χ3n) is 2.75. The van der Waals surface area contributed by atoms with Crippen LogP contribution in [0.4, 0.5) is 14.6 Å². The van der Waals surface area contributed by atoms with Crippen LogP contribution in [0.25, 0.3) is 11.3 Å². The zero-order valence-corrected chi connectivity index (χ0v) is 11.3. The number of hydrogen-bond acceptors (Lipinski definition) is 4. The van der Waals surface area contributed by atoms with Crippen LogP contribution in [0.15, 0.2) is 24.5 Å². The molecule has 0 saturated carbocycles. The molecule has 0 atom stereocenters. The van der Waals surface area contributed by atoms with Crippen LogP contribution in [0.1, 0.15) is 13.3 Å². The standard InChI is InChI=1S/C14H15F2N3O/c1-3-7-17-14-13(20-2)12(18-8-19-14)11-9(15)5-4-6-10(11)16/h4-6,8H,3,7H2,1-2H3,(H,17,18,19). The fraction of sp³-hybridized carbons (Fsp3) is 0.286. The second kappa shape index (κ2) is 6.27. The normalized spacial score (nSPS) is 10.4. The molecule has 106 valence electrons. The van der Waals surface area contributed by atoms with Gasteiger partial charge >= 0.3 is 0 Å². The van der Waals surface area contributed by atoms with Crippen LogP contribution in [-0.4, -0.2) is 23.6 Å². The molecule has 0 aliphatic heterocycles. The summed E-state index contributed by atoms with van der Waals surface area (Å²) >= 11 is 0. The van der Waals surface area contributed by atoms with Gasteiger partial charge in [0, 0.05) is 6.54 Å². The number of halogens is 2. The van der Waals surface area contributed by atoms with Crippen molar-refractivity contribution in [1.29, 1.82) is 0 Å². The van der Waals surface area contributed by atoms with Gasteiger partial charge in [-0.1, -0.05) is 13.0 Å². The number of benzene rings is 1. The number of nitrogens with zero attached hydrogens (tertiary/aromatic N) is 2. The molecule has 0 spiro atoms.